The van der Waals surface area contributed by atoms with E-state index in [1.807, 2.05) is 31.2 Å². The number of hydrogen-bond donors (Lipinski definition) is 3. The average molecular weight is 736 g/mol. The van der Waals surface area contributed by atoms with Gasteiger partial charge in [0.25, 0.3) is 5.91 Å². The molecule has 3 atom stereocenters. The Morgan fingerprint density at radius 1 is 0.902 bits per heavy atom. The Kier molecular flexibility index (Phi) is 12.4. The zero-order valence-electron chi connectivity index (χ0n) is 28.9. The first-order chi connectivity index (χ1) is 24.4. The van der Waals surface area contributed by atoms with Crippen LogP contribution in [-0.4, -0.2) is 58.2 Å². The van der Waals surface area contributed by atoms with Crippen molar-refractivity contribution in [1.82, 2.24) is 15.5 Å². The van der Waals surface area contributed by atoms with E-state index in [1.54, 1.807) is 58.3 Å². The summed E-state index contributed by atoms with van der Waals surface area (Å²) < 4.78 is 0. The minimum absolute atomic E-state index is 0.0258. The third kappa shape index (κ3) is 8.91. The highest BCUT2D eigenvalue weighted by Crippen LogP contribution is 2.42. The summed E-state index contributed by atoms with van der Waals surface area (Å²) in [6.45, 7) is 3.69. The minimum atomic E-state index is -1.18. The molecule has 5 rings (SSSR count). The molecule has 3 N–H and O–H groups in total. The highest BCUT2D eigenvalue weighted by Gasteiger charge is 2.49. The second-order valence-electron chi connectivity index (χ2n) is 13.5. The molecule has 0 aromatic heterocycles. The van der Waals surface area contributed by atoms with Crippen LogP contribution in [0.15, 0.2) is 72.8 Å². The van der Waals surface area contributed by atoms with E-state index < -0.39 is 29.6 Å². The lowest BCUT2D eigenvalue weighted by Gasteiger charge is -2.32. The molecule has 51 heavy (non-hydrogen) atoms. The van der Waals surface area contributed by atoms with E-state index >= 15 is 0 Å². The predicted molar refractivity (Wildman–Crippen MR) is 196 cm³/mol. The quantitative estimate of drug-likeness (QED) is 0.174. The molecule has 3 aromatic rings. The van der Waals surface area contributed by atoms with Gasteiger partial charge in [-0.05, 0) is 78.8 Å². The first-order valence-corrected chi connectivity index (χ1v) is 18.2. The van der Waals surface area contributed by atoms with Crippen molar-refractivity contribution in [2.24, 2.45) is 5.41 Å². The highest BCUT2D eigenvalue weighted by atomic mass is 35.5. The van der Waals surface area contributed by atoms with Crippen molar-refractivity contribution in [1.29, 1.82) is 0 Å². The molecular formula is C39H44Cl2N4O6. The fraction of sp³-hybridized carbons (Fsp3) is 0.410. The van der Waals surface area contributed by atoms with Gasteiger partial charge in [-0.1, -0.05) is 79.4 Å². The molecule has 1 saturated heterocycles. The number of benzene rings is 3. The van der Waals surface area contributed by atoms with Gasteiger partial charge in [0.15, 0.2) is 0 Å². The van der Waals surface area contributed by atoms with Gasteiger partial charge in [0.05, 0.1) is 5.41 Å². The maximum absolute atomic E-state index is 14.4. The number of rotatable bonds is 14. The molecule has 1 saturated carbocycles. The van der Waals surface area contributed by atoms with Crippen LogP contribution in [0.25, 0.3) is 0 Å². The van der Waals surface area contributed by atoms with Gasteiger partial charge in [-0.25, -0.2) is 4.79 Å². The lowest BCUT2D eigenvalue weighted by molar-refractivity contribution is -0.144. The van der Waals surface area contributed by atoms with Crippen LogP contribution >= 0.6 is 23.2 Å². The topological polar surface area (TPSA) is 136 Å². The number of aliphatic carboxylic acids is 1. The Hall–Kier alpha value is -4.41. The SMILES string of the molecule is CCCC(=O)N1C(c2ccc(Cl)cc2)N(c2ccc(CC(NC(=O)C3(CCNC(C)=O)CCCC3)C(=O)O)cc2)C(=O)[C@H]1Cc1ccc(Cl)cc1. The van der Waals surface area contributed by atoms with E-state index in [1.165, 1.54) is 6.92 Å². The van der Waals surface area contributed by atoms with Gasteiger partial charge < -0.3 is 20.6 Å². The van der Waals surface area contributed by atoms with Crippen molar-refractivity contribution in [3.63, 3.8) is 0 Å². The van der Waals surface area contributed by atoms with E-state index in [-0.39, 0.29) is 42.9 Å². The smallest absolute Gasteiger partial charge is 0.326 e. The van der Waals surface area contributed by atoms with Crippen LogP contribution in [0.3, 0.4) is 0 Å². The molecule has 0 spiro atoms. The third-order valence-corrected chi connectivity index (χ3v) is 10.4. The van der Waals surface area contributed by atoms with E-state index in [9.17, 15) is 29.1 Å². The van der Waals surface area contributed by atoms with E-state index in [4.69, 9.17) is 23.2 Å². The van der Waals surface area contributed by atoms with Gasteiger partial charge in [-0.3, -0.25) is 24.1 Å². The molecule has 2 fully saturated rings. The summed E-state index contributed by atoms with van der Waals surface area (Å²) in [7, 11) is 0. The number of carbonyl (C=O) groups is 5. The summed E-state index contributed by atoms with van der Waals surface area (Å²) in [5, 5.41) is 16.7. The number of anilines is 1. The first kappa shape index (κ1) is 37.8. The molecule has 3 aromatic carbocycles. The fourth-order valence-corrected chi connectivity index (χ4v) is 7.50. The number of carbonyl (C=O) groups excluding carboxylic acids is 4. The van der Waals surface area contributed by atoms with Crippen molar-refractivity contribution in [2.75, 3.05) is 11.4 Å². The van der Waals surface area contributed by atoms with Crippen LogP contribution in [0.2, 0.25) is 10.0 Å². The van der Waals surface area contributed by atoms with Gasteiger partial charge in [0.1, 0.15) is 18.2 Å². The number of carboxylic acid groups (broad SMARTS) is 1. The van der Waals surface area contributed by atoms with E-state index in [0.29, 0.717) is 59.1 Å². The summed E-state index contributed by atoms with van der Waals surface area (Å²) >= 11 is 12.4. The predicted octanol–water partition coefficient (Wildman–Crippen LogP) is 6.48. The Morgan fingerprint density at radius 2 is 1.49 bits per heavy atom. The van der Waals surface area contributed by atoms with Crippen LogP contribution in [-0.2, 0) is 36.8 Å². The van der Waals surface area contributed by atoms with E-state index in [0.717, 1.165) is 18.4 Å². The molecule has 4 amide bonds. The molecule has 0 bridgehead atoms. The molecule has 2 unspecified atom stereocenters. The second kappa shape index (κ2) is 16.7. The van der Waals surface area contributed by atoms with Crippen molar-refractivity contribution >= 4 is 58.5 Å². The fourth-order valence-electron chi connectivity index (χ4n) is 7.25. The Bertz CT molecular complexity index is 1730. The van der Waals surface area contributed by atoms with Gasteiger partial charge in [-0.15, -0.1) is 0 Å². The Balaban J connectivity index is 1.42. The molecule has 2 aliphatic rings. The standard InChI is InChI=1S/C39H44Cl2N4O6/c1-3-6-34(47)45-33(24-27-7-13-29(40)14-8-27)36(48)44(35(45)28-11-15-30(41)16-12-28)31-17-9-26(10-18-31)23-32(37(49)50)43-38(51)39(19-4-5-20-39)21-22-42-25(2)46/h7-18,32-33,35H,3-6,19-24H2,1-2H3,(H,42,46)(H,43,51)(H,49,50)/t32?,33-,35?/m1/s1. The van der Waals surface area contributed by atoms with Crippen molar-refractivity contribution in [3.8, 4) is 0 Å². The average Bonchev–Trinajstić information content (AvgIpc) is 3.69. The largest absolute Gasteiger partial charge is 0.480 e. The number of nitrogens with one attached hydrogen (secondary N) is 2. The third-order valence-electron chi connectivity index (χ3n) is 9.91. The van der Waals surface area contributed by atoms with Crippen LogP contribution in [0.5, 0.6) is 0 Å². The first-order valence-electron chi connectivity index (χ1n) is 17.4. The number of carboxylic acids is 1. The lowest BCUT2D eigenvalue weighted by Crippen LogP contribution is -2.49. The summed E-state index contributed by atoms with van der Waals surface area (Å²) in [5.41, 5.74) is 2.03. The van der Waals surface area contributed by atoms with Crippen molar-refractivity contribution in [2.45, 2.75) is 89.9 Å². The van der Waals surface area contributed by atoms with Crippen molar-refractivity contribution in [3.05, 3.63) is 99.5 Å². The highest BCUT2D eigenvalue weighted by molar-refractivity contribution is 6.30. The number of nitrogens with zero attached hydrogens (tertiary/aromatic N) is 2. The monoisotopic (exact) mass is 734 g/mol. The normalized spacial score (nSPS) is 18.8. The minimum Gasteiger partial charge on any atom is -0.480 e. The Labute approximate surface area is 308 Å². The maximum Gasteiger partial charge on any atom is 0.326 e. The summed E-state index contributed by atoms with van der Waals surface area (Å²) in [6, 6.07) is 19.3. The zero-order valence-corrected chi connectivity index (χ0v) is 30.4. The van der Waals surface area contributed by atoms with Gasteiger partial charge >= 0.3 is 5.97 Å². The molecule has 0 radical (unpaired) electrons. The molecule has 12 heteroatoms. The van der Waals surface area contributed by atoms with E-state index in [2.05, 4.69) is 10.6 Å². The molecule has 1 aliphatic heterocycles. The molecule has 1 heterocycles. The lowest BCUT2D eigenvalue weighted by atomic mass is 9.81. The van der Waals surface area contributed by atoms with Gasteiger partial charge in [0, 0.05) is 48.5 Å². The van der Waals surface area contributed by atoms with Crippen LogP contribution < -0.4 is 15.5 Å². The van der Waals surface area contributed by atoms with Crippen LogP contribution in [0.1, 0.15) is 81.6 Å². The number of hydrogen-bond acceptors (Lipinski definition) is 5. The van der Waals surface area contributed by atoms with Crippen molar-refractivity contribution < 1.29 is 29.1 Å². The molecule has 1 aliphatic carbocycles. The molecule has 10 nitrogen and oxygen atoms in total. The maximum atomic E-state index is 14.4. The summed E-state index contributed by atoms with van der Waals surface area (Å²) in [6.07, 6.45) is 3.87. The molecular weight excluding hydrogens is 691 g/mol. The summed E-state index contributed by atoms with van der Waals surface area (Å²) in [5.74, 6) is -2.05. The number of amides is 4. The second-order valence-corrected chi connectivity index (χ2v) is 14.4. The van der Waals surface area contributed by atoms with Gasteiger partial charge in [-0.2, -0.15) is 0 Å². The molecule has 270 valence electrons. The van der Waals surface area contributed by atoms with Crippen LogP contribution in [0.4, 0.5) is 5.69 Å². The summed E-state index contributed by atoms with van der Waals surface area (Å²) in [4.78, 5) is 68.9. The number of halogens is 2. The van der Waals surface area contributed by atoms with Gasteiger partial charge in [0.2, 0.25) is 17.7 Å². The van der Waals surface area contributed by atoms with Crippen LogP contribution in [0, 0.1) is 5.41 Å². The Morgan fingerprint density at radius 3 is 2.06 bits per heavy atom. The zero-order chi connectivity index (χ0) is 36.7.